The predicted octanol–water partition coefficient (Wildman–Crippen LogP) is 2.64. The smallest absolute Gasteiger partial charge is 0.0240 e. The van der Waals surface area contributed by atoms with Gasteiger partial charge in [-0.15, -0.1) is 0 Å². The summed E-state index contributed by atoms with van der Waals surface area (Å²) in [5.41, 5.74) is 3.55. The number of hydrogen-bond acceptors (Lipinski definition) is 2. The zero-order valence-corrected chi connectivity index (χ0v) is 11.6. The van der Waals surface area contributed by atoms with Crippen molar-refractivity contribution in [3.8, 4) is 0 Å². The zero-order chi connectivity index (χ0) is 12.6. The molecule has 1 aromatic carbocycles. The monoisotopic (exact) mass is 244 g/mol. The molecule has 1 saturated heterocycles. The Morgan fingerprint density at radius 1 is 1.22 bits per heavy atom. The van der Waals surface area contributed by atoms with Gasteiger partial charge in [-0.25, -0.2) is 0 Å². The van der Waals surface area contributed by atoms with Gasteiger partial charge in [0.15, 0.2) is 0 Å². The van der Waals surface area contributed by atoms with Crippen LogP contribution in [0.4, 0.5) is 0 Å². The summed E-state index contributed by atoms with van der Waals surface area (Å²) in [5.74, 6) is 0.760. The molecule has 1 unspecified atom stereocenters. The van der Waals surface area contributed by atoms with Crippen molar-refractivity contribution >= 4 is 0 Å². The number of nitrogens with zero attached hydrogens (tertiary/aromatic N) is 1. The number of fused-ring (bicyclic) bond motifs is 1. The number of rotatable bonds is 3. The fourth-order valence-corrected chi connectivity index (χ4v) is 3.53. The van der Waals surface area contributed by atoms with E-state index in [1.807, 2.05) is 0 Å². The van der Waals surface area contributed by atoms with Crippen molar-refractivity contribution in [1.82, 2.24) is 10.2 Å². The standard InChI is InChI=1S/C16H24N2/c1-13(2)16(7-8-17-11-16)12-18-9-14-5-3-4-6-15(14)10-18/h3-6,13,17H,7-12H2,1-2H3. The normalized spacial score (nSPS) is 27.9. The quantitative estimate of drug-likeness (QED) is 0.879. The van der Waals surface area contributed by atoms with Gasteiger partial charge in [-0.05, 0) is 35.4 Å². The van der Waals surface area contributed by atoms with Crippen molar-refractivity contribution in [1.29, 1.82) is 0 Å². The largest absolute Gasteiger partial charge is 0.316 e. The lowest BCUT2D eigenvalue weighted by Crippen LogP contribution is -2.40. The van der Waals surface area contributed by atoms with Crippen LogP contribution in [0.15, 0.2) is 24.3 Å². The molecule has 1 atom stereocenters. The van der Waals surface area contributed by atoms with E-state index in [2.05, 4.69) is 48.3 Å². The van der Waals surface area contributed by atoms with Gasteiger partial charge < -0.3 is 5.32 Å². The second-order valence-corrected chi connectivity index (χ2v) is 6.36. The predicted molar refractivity (Wildman–Crippen MR) is 75.3 cm³/mol. The first-order chi connectivity index (χ1) is 8.70. The number of hydrogen-bond donors (Lipinski definition) is 1. The molecule has 98 valence electrons. The maximum absolute atomic E-state index is 3.56. The molecule has 2 aliphatic heterocycles. The second-order valence-electron chi connectivity index (χ2n) is 6.36. The molecule has 0 radical (unpaired) electrons. The van der Waals surface area contributed by atoms with Crippen molar-refractivity contribution in [3.63, 3.8) is 0 Å². The highest BCUT2D eigenvalue weighted by Crippen LogP contribution is 2.37. The van der Waals surface area contributed by atoms with Gasteiger partial charge in [0.1, 0.15) is 0 Å². The molecule has 0 aliphatic carbocycles. The number of benzene rings is 1. The van der Waals surface area contributed by atoms with Crippen LogP contribution in [0.2, 0.25) is 0 Å². The third-order valence-corrected chi connectivity index (χ3v) is 4.95. The molecule has 0 amide bonds. The van der Waals surface area contributed by atoms with E-state index in [-0.39, 0.29) is 0 Å². The topological polar surface area (TPSA) is 15.3 Å². The Kier molecular flexibility index (Phi) is 3.16. The van der Waals surface area contributed by atoms with Crippen LogP contribution in [0.1, 0.15) is 31.4 Å². The Morgan fingerprint density at radius 3 is 2.39 bits per heavy atom. The molecule has 2 nitrogen and oxygen atoms in total. The molecule has 2 heteroatoms. The molecule has 18 heavy (non-hydrogen) atoms. The lowest BCUT2D eigenvalue weighted by Gasteiger charge is -2.36. The summed E-state index contributed by atoms with van der Waals surface area (Å²) < 4.78 is 0. The van der Waals surface area contributed by atoms with Crippen LogP contribution in [0.5, 0.6) is 0 Å². The highest BCUT2D eigenvalue weighted by atomic mass is 15.2. The van der Waals surface area contributed by atoms with E-state index >= 15 is 0 Å². The lowest BCUT2D eigenvalue weighted by molar-refractivity contribution is 0.116. The minimum absolute atomic E-state index is 0.488. The van der Waals surface area contributed by atoms with Gasteiger partial charge in [0, 0.05) is 26.2 Å². The van der Waals surface area contributed by atoms with Gasteiger partial charge in [-0.2, -0.15) is 0 Å². The van der Waals surface area contributed by atoms with Crippen LogP contribution in [0.25, 0.3) is 0 Å². The molecule has 2 heterocycles. The van der Waals surface area contributed by atoms with E-state index in [9.17, 15) is 0 Å². The molecule has 0 bridgehead atoms. The van der Waals surface area contributed by atoms with E-state index in [0.29, 0.717) is 5.41 Å². The van der Waals surface area contributed by atoms with E-state index in [4.69, 9.17) is 0 Å². The Hall–Kier alpha value is -0.860. The van der Waals surface area contributed by atoms with Crippen molar-refractivity contribution < 1.29 is 0 Å². The van der Waals surface area contributed by atoms with Crippen LogP contribution < -0.4 is 5.32 Å². The molecule has 0 aromatic heterocycles. The van der Waals surface area contributed by atoms with Crippen molar-refractivity contribution in [2.45, 2.75) is 33.4 Å². The summed E-state index contributed by atoms with van der Waals surface area (Å²) in [6.07, 6.45) is 1.33. The van der Waals surface area contributed by atoms with Crippen LogP contribution in [0.3, 0.4) is 0 Å². The highest BCUT2D eigenvalue weighted by Gasteiger charge is 2.39. The molecule has 3 rings (SSSR count). The third kappa shape index (κ3) is 2.08. The van der Waals surface area contributed by atoms with Crippen molar-refractivity contribution in [3.05, 3.63) is 35.4 Å². The molecule has 1 fully saturated rings. The van der Waals surface area contributed by atoms with E-state index < -0.39 is 0 Å². The van der Waals surface area contributed by atoms with Gasteiger partial charge in [-0.1, -0.05) is 38.1 Å². The third-order valence-electron chi connectivity index (χ3n) is 4.95. The first-order valence-corrected chi connectivity index (χ1v) is 7.19. The average molecular weight is 244 g/mol. The van der Waals surface area contributed by atoms with E-state index in [1.165, 1.54) is 37.2 Å². The lowest BCUT2D eigenvalue weighted by atomic mass is 9.76. The zero-order valence-electron chi connectivity index (χ0n) is 11.6. The number of nitrogens with one attached hydrogen (secondary N) is 1. The van der Waals surface area contributed by atoms with Gasteiger partial charge in [0.2, 0.25) is 0 Å². The summed E-state index contributed by atoms with van der Waals surface area (Å²) in [5, 5.41) is 3.56. The van der Waals surface area contributed by atoms with Crippen molar-refractivity contribution in [2.75, 3.05) is 19.6 Å². The molecule has 1 N–H and O–H groups in total. The first-order valence-electron chi connectivity index (χ1n) is 7.19. The highest BCUT2D eigenvalue weighted by molar-refractivity contribution is 5.30. The van der Waals surface area contributed by atoms with Crippen LogP contribution in [0, 0.1) is 11.3 Å². The van der Waals surface area contributed by atoms with Gasteiger partial charge in [0.25, 0.3) is 0 Å². The fourth-order valence-electron chi connectivity index (χ4n) is 3.53. The maximum atomic E-state index is 3.56. The van der Waals surface area contributed by atoms with E-state index in [1.54, 1.807) is 0 Å². The van der Waals surface area contributed by atoms with Crippen LogP contribution >= 0.6 is 0 Å². The fraction of sp³-hybridized carbons (Fsp3) is 0.625. The minimum atomic E-state index is 0.488. The SMILES string of the molecule is CC(C)C1(CN2Cc3ccccc3C2)CCNC1. The molecule has 0 saturated carbocycles. The molecule has 1 aromatic rings. The Bertz CT molecular complexity index is 394. The molecule has 2 aliphatic rings. The molecule has 0 spiro atoms. The second kappa shape index (κ2) is 4.67. The van der Waals surface area contributed by atoms with Gasteiger partial charge in [-0.3, -0.25) is 4.90 Å². The summed E-state index contributed by atoms with van der Waals surface area (Å²) in [4.78, 5) is 2.64. The minimum Gasteiger partial charge on any atom is -0.316 e. The Labute approximate surface area is 110 Å². The van der Waals surface area contributed by atoms with E-state index in [0.717, 1.165) is 19.0 Å². The average Bonchev–Trinajstić information content (AvgIpc) is 2.95. The first kappa shape index (κ1) is 12.2. The van der Waals surface area contributed by atoms with Crippen LogP contribution in [-0.2, 0) is 13.1 Å². The Balaban J connectivity index is 1.71. The Morgan fingerprint density at radius 2 is 1.89 bits per heavy atom. The summed E-state index contributed by atoms with van der Waals surface area (Å²) in [7, 11) is 0. The summed E-state index contributed by atoms with van der Waals surface area (Å²) in [6.45, 7) is 10.7. The van der Waals surface area contributed by atoms with Crippen molar-refractivity contribution in [2.24, 2.45) is 11.3 Å². The summed E-state index contributed by atoms with van der Waals surface area (Å²) in [6, 6.07) is 8.89. The molecular formula is C16H24N2. The van der Waals surface area contributed by atoms with Gasteiger partial charge in [0.05, 0.1) is 0 Å². The summed E-state index contributed by atoms with van der Waals surface area (Å²) >= 11 is 0. The molecular weight excluding hydrogens is 220 g/mol. The van der Waals surface area contributed by atoms with Gasteiger partial charge >= 0.3 is 0 Å². The van der Waals surface area contributed by atoms with Crippen LogP contribution in [-0.4, -0.2) is 24.5 Å². The maximum Gasteiger partial charge on any atom is 0.0240 e.